The average molecular weight is 313 g/mol. The molecule has 1 aliphatic rings. The van der Waals surface area contributed by atoms with Crippen LogP contribution in [-0.2, 0) is 16.6 Å². The van der Waals surface area contributed by atoms with Gasteiger partial charge >= 0.3 is 0 Å². The van der Waals surface area contributed by atoms with Crippen molar-refractivity contribution in [1.82, 2.24) is 9.62 Å². The Hall–Kier alpha value is -1.51. The van der Waals surface area contributed by atoms with Crippen molar-refractivity contribution < 1.29 is 13.3 Å². The minimum Gasteiger partial charge on any atom is -0.312 e. The Kier molecular flexibility index (Phi) is 4.92. The van der Waals surface area contributed by atoms with Crippen LogP contribution in [0.1, 0.15) is 12.0 Å². The zero-order valence-electron chi connectivity index (χ0n) is 11.9. The Balaban J connectivity index is 1.80. The zero-order chi connectivity index (χ0) is 15.5. The average Bonchev–Trinajstić information content (AvgIpc) is 2.88. The molecule has 1 saturated heterocycles. The van der Waals surface area contributed by atoms with E-state index in [0.29, 0.717) is 32.1 Å². The van der Waals surface area contributed by atoms with Crippen LogP contribution in [0.4, 0.5) is 5.69 Å². The van der Waals surface area contributed by atoms with Crippen LogP contribution >= 0.6 is 0 Å². The normalized spacial score (nSPS) is 19.8. The van der Waals surface area contributed by atoms with Gasteiger partial charge in [0, 0.05) is 31.8 Å². The lowest BCUT2D eigenvalue weighted by atomic mass is 10.1. The molecule has 0 aliphatic carbocycles. The van der Waals surface area contributed by atoms with Crippen molar-refractivity contribution in [3.63, 3.8) is 0 Å². The molecule has 21 heavy (non-hydrogen) atoms. The molecule has 2 rings (SSSR count). The van der Waals surface area contributed by atoms with Crippen LogP contribution in [0, 0.1) is 16.0 Å². The van der Waals surface area contributed by atoms with Crippen LogP contribution in [0.3, 0.4) is 0 Å². The van der Waals surface area contributed by atoms with Gasteiger partial charge < -0.3 is 5.32 Å². The first-order valence-corrected chi connectivity index (χ1v) is 8.60. The van der Waals surface area contributed by atoms with Gasteiger partial charge in [-0.25, -0.2) is 12.7 Å². The summed E-state index contributed by atoms with van der Waals surface area (Å²) in [5.41, 5.74) is 0.931. The molecular weight excluding hydrogens is 294 g/mol. The van der Waals surface area contributed by atoms with Crippen molar-refractivity contribution in [1.29, 1.82) is 0 Å². The summed E-state index contributed by atoms with van der Waals surface area (Å²) >= 11 is 0. The van der Waals surface area contributed by atoms with Crippen LogP contribution in [0.2, 0.25) is 0 Å². The molecule has 1 aromatic rings. The van der Waals surface area contributed by atoms with Crippen molar-refractivity contribution in [3.8, 4) is 0 Å². The van der Waals surface area contributed by atoms with Gasteiger partial charge in [0.05, 0.1) is 11.2 Å². The largest absolute Gasteiger partial charge is 0.312 e. The highest BCUT2D eigenvalue weighted by Gasteiger charge is 2.27. The SMILES string of the molecule is CS(=O)(=O)N1CCC(CNCc2cccc([N+](=O)[O-])c2)C1. The summed E-state index contributed by atoms with van der Waals surface area (Å²) < 4.78 is 24.3. The Morgan fingerprint density at radius 1 is 1.48 bits per heavy atom. The summed E-state index contributed by atoms with van der Waals surface area (Å²) in [5.74, 6) is 0.290. The van der Waals surface area contributed by atoms with Crippen LogP contribution in [0.5, 0.6) is 0 Å². The van der Waals surface area contributed by atoms with Crippen LogP contribution in [0.25, 0.3) is 0 Å². The summed E-state index contributed by atoms with van der Waals surface area (Å²) in [6.45, 7) is 2.36. The molecule has 0 aromatic heterocycles. The van der Waals surface area contributed by atoms with Gasteiger partial charge in [-0.1, -0.05) is 12.1 Å². The molecule has 0 spiro atoms. The van der Waals surface area contributed by atoms with Gasteiger partial charge in [-0.05, 0) is 24.4 Å². The van der Waals surface area contributed by atoms with Gasteiger partial charge in [-0.15, -0.1) is 0 Å². The molecule has 0 amide bonds. The summed E-state index contributed by atoms with van der Waals surface area (Å²) in [5, 5.41) is 13.9. The van der Waals surface area contributed by atoms with Gasteiger partial charge in [0.25, 0.3) is 5.69 Å². The number of nitrogens with one attached hydrogen (secondary N) is 1. The topological polar surface area (TPSA) is 92.6 Å². The molecule has 116 valence electrons. The monoisotopic (exact) mass is 313 g/mol. The van der Waals surface area contributed by atoms with Crippen LogP contribution in [-0.4, -0.2) is 43.5 Å². The predicted molar refractivity (Wildman–Crippen MR) is 79.3 cm³/mol. The van der Waals surface area contributed by atoms with Crippen molar-refractivity contribution in [2.24, 2.45) is 5.92 Å². The summed E-state index contributed by atoms with van der Waals surface area (Å²) in [6, 6.07) is 6.50. The van der Waals surface area contributed by atoms with Crippen LogP contribution < -0.4 is 5.32 Å². The van der Waals surface area contributed by atoms with E-state index in [9.17, 15) is 18.5 Å². The molecule has 0 radical (unpaired) electrons. The van der Waals surface area contributed by atoms with Gasteiger partial charge in [-0.3, -0.25) is 10.1 Å². The number of benzene rings is 1. The first kappa shape index (κ1) is 15.9. The highest BCUT2D eigenvalue weighted by Crippen LogP contribution is 2.18. The van der Waals surface area contributed by atoms with Gasteiger partial charge in [-0.2, -0.15) is 0 Å². The lowest BCUT2D eigenvalue weighted by Gasteiger charge is -2.13. The molecule has 1 aromatic carbocycles. The fraction of sp³-hybridized carbons (Fsp3) is 0.538. The highest BCUT2D eigenvalue weighted by molar-refractivity contribution is 7.88. The maximum atomic E-state index is 11.4. The number of rotatable bonds is 6. The van der Waals surface area contributed by atoms with Gasteiger partial charge in [0.15, 0.2) is 0 Å². The summed E-state index contributed by atoms with van der Waals surface area (Å²) in [6.07, 6.45) is 2.07. The molecule has 1 unspecified atom stereocenters. The smallest absolute Gasteiger partial charge is 0.269 e. The first-order valence-electron chi connectivity index (χ1n) is 6.75. The standard InChI is InChI=1S/C13H19N3O4S/c1-21(19,20)15-6-5-12(10-15)9-14-8-11-3-2-4-13(7-11)16(17)18/h2-4,7,12,14H,5-6,8-10H2,1H3. The second kappa shape index (κ2) is 6.50. The third kappa shape index (κ3) is 4.48. The number of nitrogens with zero attached hydrogens (tertiary/aromatic N) is 2. The highest BCUT2D eigenvalue weighted by atomic mass is 32.2. The number of hydrogen-bond donors (Lipinski definition) is 1. The zero-order valence-corrected chi connectivity index (χ0v) is 12.7. The molecule has 0 saturated carbocycles. The Morgan fingerprint density at radius 2 is 2.24 bits per heavy atom. The van der Waals surface area contributed by atoms with E-state index < -0.39 is 14.9 Å². The number of sulfonamides is 1. The van der Waals surface area contributed by atoms with E-state index in [-0.39, 0.29) is 5.69 Å². The lowest BCUT2D eigenvalue weighted by molar-refractivity contribution is -0.384. The minimum absolute atomic E-state index is 0.0819. The molecule has 8 heteroatoms. The van der Waals surface area contributed by atoms with E-state index in [2.05, 4.69) is 5.32 Å². The molecular formula is C13H19N3O4S. The van der Waals surface area contributed by atoms with Gasteiger partial charge in [0.2, 0.25) is 10.0 Å². The van der Waals surface area contributed by atoms with Gasteiger partial charge in [0.1, 0.15) is 0 Å². The fourth-order valence-corrected chi connectivity index (χ4v) is 3.38. The molecule has 1 atom stereocenters. The van der Waals surface area contributed by atoms with Crippen molar-refractivity contribution in [2.75, 3.05) is 25.9 Å². The van der Waals surface area contributed by atoms with Crippen molar-refractivity contribution in [2.45, 2.75) is 13.0 Å². The van der Waals surface area contributed by atoms with E-state index in [1.165, 1.54) is 16.6 Å². The molecule has 1 heterocycles. The van der Waals surface area contributed by atoms with E-state index >= 15 is 0 Å². The molecule has 0 bridgehead atoms. The van der Waals surface area contributed by atoms with E-state index in [1.807, 2.05) is 6.07 Å². The second-order valence-electron chi connectivity index (χ2n) is 5.33. The summed E-state index contributed by atoms with van der Waals surface area (Å²) in [4.78, 5) is 10.3. The fourth-order valence-electron chi connectivity index (χ4n) is 2.47. The lowest BCUT2D eigenvalue weighted by Crippen LogP contribution is -2.30. The van der Waals surface area contributed by atoms with Crippen molar-refractivity contribution >= 4 is 15.7 Å². The first-order chi connectivity index (χ1) is 9.86. The maximum Gasteiger partial charge on any atom is 0.269 e. The number of nitro groups is 1. The molecule has 1 aliphatic heterocycles. The number of non-ortho nitro benzene ring substituents is 1. The maximum absolute atomic E-state index is 11.4. The van der Waals surface area contributed by atoms with E-state index in [0.717, 1.165) is 12.0 Å². The predicted octanol–water partition coefficient (Wildman–Crippen LogP) is 0.966. The Labute approximate surface area is 124 Å². The number of nitro benzene ring substituents is 1. The quantitative estimate of drug-likeness (QED) is 0.624. The minimum atomic E-state index is -3.10. The molecule has 1 N–H and O–H groups in total. The van der Waals surface area contributed by atoms with E-state index in [1.54, 1.807) is 12.1 Å². The Morgan fingerprint density at radius 3 is 2.86 bits per heavy atom. The summed E-state index contributed by atoms with van der Waals surface area (Å²) in [7, 11) is -3.10. The van der Waals surface area contributed by atoms with Crippen LogP contribution in [0.15, 0.2) is 24.3 Å². The third-order valence-corrected chi connectivity index (χ3v) is 4.87. The molecule has 7 nitrogen and oxygen atoms in total. The Bertz CT molecular complexity index is 618. The molecule has 1 fully saturated rings. The second-order valence-corrected chi connectivity index (χ2v) is 7.32. The van der Waals surface area contributed by atoms with E-state index in [4.69, 9.17) is 0 Å². The van der Waals surface area contributed by atoms with Crippen molar-refractivity contribution in [3.05, 3.63) is 39.9 Å². The third-order valence-electron chi connectivity index (χ3n) is 3.60. The number of hydrogen-bond acceptors (Lipinski definition) is 5.